The number of alkyl halides is 1. The number of ether oxygens (including phenoxy) is 1. The number of allylic oxidation sites excluding steroid dienone is 1. The van der Waals surface area contributed by atoms with E-state index in [0.29, 0.717) is 6.42 Å². The molecule has 0 N–H and O–H groups in total. The Kier molecular flexibility index (Phi) is 3.06. The lowest BCUT2D eigenvalue weighted by Crippen LogP contribution is -2.41. The molecule has 5 heteroatoms. The molecule has 2 rings (SSSR count). The topological polar surface area (TPSA) is 46.6 Å². The van der Waals surface area contributed by atoms with Gasteiger partial charge in [0.2, 0.25) is 5.91 Å². The van der Waals surface area contributed by atoms with E-state index >= 15 is 0 Å². The smallest absolute Gasteiger partial charge is 0.417 e. The Morgan fingerprint density at radius 3 is 2.65 bits per heavy atom. The zero-order valence-electron chi connectivity index (χ0n) is 10.1. The second-order valence-corrected chi connectivity index (χ2v) is 6.48. The van der Waals surface area contributed by atoms with E-state index < -0.39 is 11.7 Å². The normalized spacial score (nSPS) is 31.9. The van der Waals surface area contributed by atoms with Crippen molar-refractivity contribution < 1.29 is 14.3 Å². The van der Waals surface area contributed by atoms with E-state index in [9.17, 15) is 9.59 Å². The predicted molar refractivity (Wildman–Crippen MR) is 66.8 cm³/mol. The van der Waals surface area contributed by atoms with Crippen molar-refractivity contribution in [2.45, 2.75) is 43.7 Å². The van der Waals surface area contributed by atoms with E-state index in [1.807, 2.05) is 12.2 Å². The fourth-order valence-electron chi connectivity index (χ4n) is 2.14. The Hall–Kier alpha value is -0.840. The first-order valence-electron chi connectivity index (χ1n) is 5.68. The quantitative estimate of drug-likeness (QED) is 0.510. The van der Waals surface area contributed by atoms with Gasteiger partial charge >= 0.3 is 6.09 Å². The molecule has 4 nitrogen and oxygen atoms in total. The van der Waals surface area contributed by atoms with Crippen LogP contribution in [0.4, 0.5) is 4.79 Å². The van der Waals surface area contributed by atoms with Gasteiger partial charge in [-0.2, -0.15) is 0 Å². The fourth-order valence-corrected chi connectivity index (χ4v) is 2.76. The maximum atomic E-state index is 12.1. The van der Waals surface area contributed by atoms with Crippen molar-refractivity contribution in [2.24, 2.45) is 5.92 Å². The minimum atomic E-state index is -0.578. The molecule has 2 aliphatic rings. The lowest BCUT2D eigenvalue weighted by molar-refractivity contribution is -0.130. The molecule has 2 bridgehead atoms. The molecule has 1 saturated heterocycles. The molecule has 1 heterocycles. The Morgan fingerprint density at radius 2 is 2.12 bits per heavy atom. The summed E-state index contributed by atoms with van der Waals surface area (Å²) in [6.45, 7) is 5.38. The van der Waals surface area contributed by atoms with E-state index in [1.54, 1.807) is 20.8 Å². The first kappa shape index (κ1) is 12.6. The van der Waals surface area contributed by atoms with E-state index in [-0.39, 0.29) is 22.7 Å². The van der Waals surface area contributed by atoms with Crippen LogP contribution in [0.3, 0.4) is 0 Å². The molecule has 0 unspecified atom stereocenters. The molecule has 1 aliphatic heterocycles. The van der Waals surface area contributed by atoms with Crippen molar-refractivity contribution in [3.8, 4) is 0 Å². The number of amides is 2. The SMILES string of the molecule is CC(C)(C)OC(=O)N1C(=O)[C@@H]2C[C@H]1C=C[C@H]2Br. The summed E-state index contributed by atoms with van der Waals surface area (Å²) in [7, 11) is 0. The van der Waals surface area contributed by atoms with Gasteiger partial charge in [-0.3, -0.25) is 4.79 Å². The van der Waals surface area contributed by atoms with Crippen LogP contribution in [-0.4, -0.2) is 33.4 Å². The second kappa shape index (κ2) is 4.12. The molecule has 0 spiro atoms. The van der Waals surface area contributed by atoms with Crippen LogP contribution in [0.2, 0.25) is 0 Å². The van der Waals surface area contributed by atoms with Gasteiger partial charge in [-0.25, -0.2) is 9.69 Å². The number of likely N-dealkylation sites (tertiary alicyclic amines) is 1. The van der Waals surface area contributed by atoms with Gasteiger partial charge in [0.25, 0.3) is 0 Å². The highest BCUT2D eigenvalue weighted by Gasteiger charge is 2.47. The molecule has 0 saturated carbocycles. The van der Waals surface area contributed by atoms with Crippen LogP contribution in [0.15, 0.2) is 12.2 Å². The van der Waals surface area contributed by atoms with E-state index in [0.717, 1.165) is 0 Å². The average Bonchev–Trinajstić information content (AvgIpc) is 2.44. The van der Waals surface area contributed by atoms with E-state index in [2.05, 4.69) is 15.9 Å². The fraction of sp³-hybridized carbons (Fsp3) is 0.667. The molecule has 2 amide bonds. The molecular weight excluding hydrogens is 286 g/mol. The summed E-state index contributed by atoms with van der Waals surface area (Å²) in [5.41, 5.74) is -0.578. The molecule has 0 aromatic rings. The molecule has 3 atom stereocenters. The third kappa shape index (κ3) is 2.39. The second-order valence-electron chi connectivity index (χ2n) is 5.43. The van der Waals surface area contributed by atoms with Gasteiger partial charge in [-0.1, -0.05) is 28.1 Å². The van der Waals surface area contributed by atoms with Gasteiger partial charge < -0.3 is 4.74 Å². The van der Waals surface area contributed by atoms with Crippen molar-refractivity contribution >= 4 is 27.9 Å². The van der Waals surface area contributed by atoms with Gasteiger partial charge in [0.05, 0.1) is 12.0 Å². The Morgan fingerprint density at radius 1 is 1.47 bits per heavy atom. The molecule has 94 valence electrons. The molecule has 1 fully saturated rings. The summed E-state index contributed by atoms with van der Waals surface area (Å²) < 4.78 is 5.25. The number of imide groups is 1. The zero-order valence-corrected chi connectivity index (χ0v) is 11.7. The van der Waals surface area contributed by atoms with E-state index in [4.69, 9.17) is 4.74 Å². The molecule has 0 aromatic heterocycles. The minimum Gasteiger partial charge on any atom is -0.443 e. The molecule has 0 radical (unpaired) electrons. The summed E-state index contributed by atoms with van der Waals surface area (Å²) in [5.74, 6) is -0.284. The molecule has 1 aliphatic carbocycles. The number of rotatable bonds is 0. The number of hydrogen-bond donors (Lipinski definition) is 0. The Labute approximate surface area is 109 Å². The molecular formula is C12H16BrNO3. The van der Waals surface area contributed by atoms with Gasteiger partial charge in [-0.15, -0.1) is 0 Å². The Bertz CT molecular complexity index is 386. The van der Waals surface area contributed by atoms with Crippen LogP contribution in [-0.2, 0) is 9.53 Å². The third-order valence-corrected chi connectivity index (χ3v) is 3.82. The van der Waals surface area contributed by atoms with Gasteiger partial charge in [0, 0.05) is 4.83 Å². The average molecular weight is 302 g/mol. The van der Waals surface area contributed by atoms with Crippen molar-refractivity contribution in [3.05, 3.63) is 12.2 Å². The standard InChI is InChI=1S/C12H16BrNO3/c1-12(2,3)17-11(16)14-7-4-5-9(13)8(6-7)10(14)15/h4-5,7-9H,6H2,1-3H3/t7-,8-,9-/m1/s1. The summed E-state index contributed by atoms with van der Waals surface area (Å²) >= 11 is 3.43. The first-order valence-corrected chi connectivity index (χ1v) is 6.59. The predicted octanol–water partition coefficient (Wildman–Crippen LogP) is 2.47. The highest BCUT2D eigenvalue weighted by Crippen LogP contribution is 2.36. The number of carbonyl (C=O) groups excluding carboxylic acids is 2. The van der Waals surface area contributed by atoms with Crippen LogP contribution in [0.1, 0.15) is 27.2 Å². The van der Waals surface area contributed by atoms with Crippen LogP contribution in [0, 0.1) is 5.92 Å². The highest BCUT2D eigenvalue weighted by molar-refractivity contribution is 9.09. The number of halogens is 1. The Balaban J connectivity index is 2.16. The van der Waals surface area contributed by atoms with Crippen LogP contribution in [0.5, 0.6) is 0 Å². The number of hydrogen-bond acceptors (Lipinski definition) is 3. The van der Waals surface area contributed by atoms with E-state index in [1.165, 1.54) is 4.90 Å². The molecule has 0 aromatic carbocycles. The number of nitrogens with zero attached hydrogens (tertiary/aromatic N) is 1. The third-order valence-electron chi connectivity index (χ3n) is 2.87. The van der Waals surface area contributed by atoms with Crippen molar-refractivity contribution in [1.29, 1.82) is 0 Å². The van der Waals surface area contributed by atoms with Gasteiger partial charge in [0.15, 0.2) is 0 Å². The zero-order chi connectivity index (χ0) is 12.8. The maximum absolute atomic E-state index is 12.1. The number of carbonyl (C=O) groups is 2. The van der Waals surface area contributed by atoms with Crippen LogP contribution >= 0.6 is 15.9 Å². The number of fused-ring (bicyclic) bond motifs is 2. The highest BCUT2D eigenvalue weighted by atomic mass is 79.9. The van der Waals surface area contributed by atoms with Crippen molar-refractivity contribution in [3.63, 3.8) is 0 Å². The minimum absolute atomic E-state index is 0.0266. The van der Waals surface area contributed by atoms with Crippen LogP contribution in [0.25, 0.3) is 0 Å². The summed E-state index contributed by atoms with van der Waals surface area (Å²) in [6, 6.07) is -0.142. The largest absolute Gasteiger partial charge is 0.443 e. The summed E-state index contributed by atoms with van der Waals surface area (Å²) in [6.07, 6.45) is 3.97. The maximum Gasteiger partial charge on any atom is 0.417 e. The lowest BCUT2D eigenvalue weighted by Gasteiger charge is -2.25. The van der Waals surface area contributed by atoms with Crippen LogP contribution < -0.4 is 0 Å². The lowest BCUT2D eigenvalue weighted by atomic mass is 9.96. The summed E-state index contributed by atoms with van der Waals surface area (Å²) in [4.78, 5) is 25.3. The van der Waals surface area contributed by atoms with Gasteiger partial charge in [-0.05, 0) is 27.2 Å². The first-order chi connectivity index (χ1) is 7.79. The van der Waals surface area contributed by atoms with Crippen molar-refractivity contribution in [2.75, 3.05) is 0 Å². The molecule has 17 heavy (non-hydrogen) atoms. The van der Waals surface area contributed by atoms with Gasteiger partial charge in [0.1, 0.15) is 5.60 Å². The monoisotopic (exact) mass is 301 g/mol. The summed E-state index contributed by atoms with van der Waals surface area (Å²) in [5, 5.41) is 0. The van der Waals surface area contributed by atoms with Crippen molar-refractivity contribution in [1.82, 2.24) is 4.90 Å².